The summed E-state index contributed by atoms with van der Waals surface area (Å²) in [4.78, 5) is 41.2. The van der Waals surface area contributed by atoms with E-state index in [0.717, 1.165) is 54.9 Å². The Morgan fingerprint density at radius 2 is 1.85 bits per heavy atom. The molecule has 3 aliphatic rings. The van der Waals surface area contributed by atoms with Gasteiger partial charge in [0.25, 0.3) is 5.91 Å². The molecule has 40 heavy (non-hydrogen) atoms. The Kier molecular flexibility index (Phi) is 7.25. The van der Waals surface area contributed by atoms with Gasteiger partial charge in [0.1, 0.15) is 23.6 Å². The summed E-state index contributed by atoms with van der Waals surface area (Å²) in [6.07, 6.45) is 4.42. The number of aliphatic hydroxyl groups excluding tert-OH is 1. The summed E-state index contributed by atoms with van der Waals surface area (Å²) in [5.74, 6) is 1.29. The largest absolute Gasteiger partial charge is 0.497 e. The van der Waals surface area contributed by atoms with E-state index in [-0.39, 0.29) is 30.6 Å². The second-order valence-electron chi connectivity index (χ2n) is 10.6. The van der Waals surface area contributed by atoms with Gasteiger partial charge < -0.3 is 29.9 Å². The number of ether oxygens (including phenoxy) is 1. The minimum absolute atomic E-state index is 0.0705. The Hall–Kier alpha value is -4.18. The number of carbonyl (C=O) groups excluding carboxylic acids is 2. The molecule has 0 spiro atoms. The zero-order valence-electron chi connectivity index (χ0n) is 22.6. The monoisotopic (exact) mass is 542 g/mol. The molecule has 3 amide bonds. The molecule has 0 saturated carbocycles. The highest BCUT2D eigenvalue weighted by Gasteiger charge is 2.33. The van der Waals surface area contributed by atoms with Gasteiger partial charge in [-0.3, -0.25) is 4.79 Å². The van der Waals surface area contributed by atoms with E-state index in [0.29, 0.717) is 31.0 Å². The Labute approximate surface area is 233 Å². The van der Waals surface area contributed by atoms with Crippen LogP contribution in [0.5, 0.6) is 5.75 Å². The van der Waals surface area contributed by atoms with Crippen molar-refractivity contribution in [1.29, 1.82) is 0 Å². The van der Waals surface area contributed by atoms with E-state index in [1.165, 1.54) is 11.9 Å². The number of aliphatic hydroxyl groups is 1. The maximum atomic E-state index is 13.5. The lowest BCUT2D eigenvalue weighted by atomic mass is 9.94. The number of methoxy groups -OCH3 is 1. The molecular weight excluding hydrogens is 508 g/mol. The Balaban J connectivity index is 1.11. The number of piperidine rings is 1. The van der Waals surface area contributed by atoms with Crippen LogP contribution in [0.15, 0.2) is 54.9 Å². The molecule has 4 heterocycles. The molecule has 1 aromatic heterocycles. The second kappa shape index (κ2) is 11.1. The van der Waals surface area contributed by atoms with Crippen molar-refractivity contribution in [3.8, 4) is 5.75 Å². The van der Waals surface area contributed by atoms with Crippen molar-refractivity contribution >= 4 is 23.4 Å². The van der Waals surface area contributed by atoms with Gasteiger partial charge in [-0.05, 0) is 60.6 Å². The summed E-state index contributed by atoms with van der Waals surface area (Å²) in [5.41, 5.74) is 4.50. The maximum Gasteiger partial charge on any atom is 0.322 e. The molecule has 1 fully saturated rings. The maximum absolute atomic E-state index is 13.5. The van der Waals surface area contributed by atoms with Crippen LogP contribution >= 0.6 is 0 Å². The molecule has 0 radical (unpaired) electrons. The highest BCUT2D eigenvalue weighted by atomic mass is 16.5. The molecule has 0 aliphatic carbocycles. The number of benzene rings is 2. The minimum Gasteiger partial charge on any atom is -0.497 e. The predicted molar refractivity (Wildman–Crippen MR) is 151 cm³/mol. The molecule has 1 unspecified atom stereocenters. The molecular formula is C30H34N6O4. The van der Waals surface area contributed by atoms with Crippen molar-refractivity contribution in [2.45, 2.75) is 44.3 Å². The number of nitrogens with one attached hydrogen (secondary N) is 1. The van der Waals surface area contributed by atoms with Crippen LogP contribution in [0.1, 0.15) is 40.0 Å². The highest BCUT2D eigenvalue weighted by molar-refractivity contribution is 5.93. The number of amides is 3. The molecule has 3 aromatic rings. The Morgan fingerprint density at radius 1 is 1.05 bits per heavy atom. The molecule has 6 rings (SSSR count). The van der Waals surface area contributed by atoms with Crippen LogP contribution in [0.25, 0.3) is 0 Å². The lowest BCUT2D eigenvalue weighted by Gasteiger charge is -2.38. The van der Waals surface area contributed by atoms with E-state index in [9.17, 15) is 14.7 Å². The molecule has 208 valence electrons. The summed E-state index contributed by atoms with van der Waals surface area (Å²) >= 11 is 0. The number of hydrogen-bond acceptors (Lipinski definition) is 7. The van der Waals surface area contributed by atoms with Gasteiger partial charge in [-0.2, -0.15) is 0 Å². The van der Waals surface area contributed by atoms with Gasteiger partial charge in [-0.15, -0.1) is 0 Å². The molecule has 2 N–H and O–H groups in total. The quantitative estimate of drug-likeness (QED) is 0.510. The van der Waals surface area contributed by atoms with E-state index < -0.39 is 0 Å². The van der Waals surface area contributed by atoms with Crippen molar-refractivity contribution < 1.29 is 19.4 Å². The molecule has 1 saturated heterocycles. The fraction of sp³-hybridized carbons (Fsp3) is 0.400. The number of urea groups is 1. The number of hydrogen-bond donors (Lipinski definition) is 2. The van der Waals surface area contributed by atoms with Gasteiger partial charge in [-0.25, -0.2) is 14.8 Å². The summed E-state index contributed by atoms with van der Waals surface area (Å²) in [6.45, 7) is 2.42. The van der Waals surface area contributed by atoms with Crippen LogP contribution in [0.3, 0.4) is 0 Å². The fourth-order valence-corrected chi connectivity index (χ4v) is 6.08. The average Bonchev–Trinajstić information content (AvgIpc) is 3.17. The van der Waals surface area contributed by atoms with Crippen LogP contribution in [-0.2, 0) is 19.4 Å². The van der Waals surface area contributed by atoms with Crippen molar-refractivity contribution in [2.75, 3.05) is 43.6 Å². The zero-order valence-corrected chi connectivity index (χ0v) is 22.6. The summed E-state index contributed by atoms with van der Waals surface area (Å²) in [7, 11) is 1.65. The molecule has 3 aliphatic heterocycles. The van der Waals surface area contributed by atoms with E-state index in [2.05, 4.69) is 26.3 Å². The zero-order chi connectivity index (χ0) is 27.6. The minimum atomic E-state index is -0.288. The molecule has 10 heteroatoms. The fourth-order valence-electron chi connectivity index (χ4n) is 6.08. The smallest absolute Gasteiger partial charge is 0.322 e. The number of carbonyl (C=O) groups is 2. The third-order valence-electron chi connectivity index (χ3n) is 8.36. The SMILES string of the molecule is COc1ccc2c(c1)CCN(C1CCN(c3cc(C(=O)N4Cc5ccccc5CC4CO)ncn3)CC1)C(=O)N2. The molecule has 2 aromatic carbocycles. The summed E-state index contributed by atoms with van der Waals surface area (Å²) in [6, 6.07) is 15.3. The van der Waals surface area contributed by atoms with Gasteiger partial charge in [0, 0.05) is 44.0 Å². The number of fused-ring (bicyclic) bond motifs is 2. The van der Waals surface area contributed by atoms with Crippen LogP contribution in [0.4, 0.5) is 16.3 Å². The second-order valence-corrected chi connectivity index (χ2v) is 10.6. The first kappa shape index (κ1) is 26.1. The van der Waals surface area contributed by atoms with Crippen LogP contribution < -0.4 is 15.0 Å². The van der Waals surface area contributed by atoms with Gasteiger partial charge in [0.2, 0.25) is 0 Å². The number of anilines is 2. The highest BCUT2D eigenvalue weighted by Crippen LogP contribution is 2.29. The molecule has 0 bridgehead atoms. The lowest BCUT2D eigenvalue weighted by Crippen LogP contribution is -2.49. The van der Waals surface area contributed by atoms with Crippen LogP contribution in [0, 0.1) is 0 Å². The predicted octanol–water partition coefficient (Wildman–Crippen LogP) is 3.10. The Bertz CT molecular complexity index is 1410. The van der Waals surface area contributed by atoms with E-state index in [4.69, 9.17) is 4.74 Å². The number of aromatic nitrogens is 2. The van der Waals surface area contributed by atoms with Crippen LogP contribution in [0.2, 0.25) is 0 Å². The van der Waals surface area contributed by atoms with Crippen molar-refractivity contribution in [2.24, 2.45) is 0 Å². The van der Waals surface area contributed by atoms with Crippen molar-refractivity contribution in [3.63, 3.8) is 0 Å². The standard InChI is InChI=1S/C30H34N6O4/c1-40-25-6-7-26-21(15-25)8-13-35(30(39)33-26)23-9-11-34(12-10-23)28-16-27(31-19-32-28)29(38)36-17-22-5-3-2-4-20(22)14-24(36)18-37/h2-7,15-16,19,23-24,37H,8-14,17-18H2,1H3,(H,33,39). The normalized spacial score (nSPS) is 19.4. The van der Waals surface area contributed by atoms with Gasteiger partial charge in [-0.1, -0.05) is 24.3 Å². The third kappa shape index (κ3) is 5.06. The van der Waals surface area contributed by atoms with Gasteiger partial charge in [0.05, 0.1) is 19.8 Å². The topological polar surface area (TPSA) is 111 Å². The van der Waals surface area contributed by atoms with E-state index >= 15 is 0 Å². The summed E-state index contributed by atoms with van der Waals surface area (Å²) in [5, 5.41) is 13.1. The number of nitrogens with zero attached hydrogens (tertiary/aromatic N) is 5. The summed E-state index contributed by atoms with van der Waals surface area (Å²) < 4.78 is 5.35. The number of rotatable bonds is 5. The first-order chi connectivity index (χ1) is 19.5. The van der Waals surface area contributed by atoms with Gasteiger partial charge >= 0.3 is 6.03 Å². The first-order valence-electron chi connectivity index (χ1n) is 13.8. The van der Waals surface area contributed by atoms with Gasteiger partial charge in [0.15, 0.2) is 0 Å². The third-order valence-corrected chi connectivity index (χ3v) is 8.36. The van der Waals surface area contributed by atoms with Crippen molar-refractivity contribution in [3.05, 3.63) is 77.2 Å². The van der Waals surface area contributed by atoms with Crippen LogP contribution in [-0.4, -0.2) is 82.2 Å². The first-order valence-corrected chi connectivity index (χ1v) is 13.8. The van der Waals surface area contributed by atoms with Crippen molar-refractivity contribution in [1.82, 2.24) is 19.8 Å². The van der Waals surface area contributed by atoms with E-state index in [1.807, 2.05) is 41.3 Å². The lowest BCUT2D eigenvalue weighted by molar-refractivity contribution is 0.0538. The average molecular weight is 543 g/mol. The Morgan fingerprint density at radius 3 is 2.62 bits per heavy atom. The van der Waals surface area contributed by atoms with E-state index in [1.54, 1.807) is 18.1 Å². The molecule has 1 atom stereocenters. The molecule has 10 nitrogen and oxygen atoms in total.